The van der Waals surface area contributed by atoms with E-state index >= 15 is 0 Å². The molecule has 1 aromatic carbocycles. The fraction of sp³-hybridized carbons (Fsp3) is 0.536. The Bertz CT molecular complexity index is 1030. The number of carbonyl (C=O) groups excluding carboxylic acids is 3. The summed E-state index contributed by atoms with van der Waals surface area (Å²) in [5.74, 6) is -2.86. The zero-order chi connectivity index (χ0) is 24.8. The van der Waals surface area contributed by atoms with Crippen molar-refractivity contribution < 1.29 is 24.6 Å². The van der Waals surface area contributed by atoms with E-state index in [-0.39, 0.29) is 41.3 Å². The molecule has 182 valence electrons. The molecule has 3 aliphatic rings. The lowest BCUT2D eigenvalue weighted by Crippen LogP contribution is -2.60. The quantitative estimate of drug-likeness (QED) is 0.583. The average molecular weight is 466 g/mol. The number of allylic oxidation sites excluding steroid dienone is 2. The molecule has 1 saturated carbocycles. The van der Waals surface area contributed by atoms with Crippen molar-refractivity contribution in [2.75, 3.05) is 0 Å². The number of benzene rings is 1. The zero-order valence-electron chi connectivity index (χ0n) is 20.3. The maximum Gasteiger partial charge on any atom is 0.230 e. The molecule has 1 saturated heterocycles. The van der Waals surface area contributed by atoms with Gasteiger partial charge in [-0.25, -0.2) is 0 Å². The summed E-state index contributed by atoms with van der Waals surface area (Å²) in [5, 5.41) is 25.5. The van der Waals surface area contributed by atoms with Crippen molar-refractivity contribution >= 4 is 17.5 Å². The van der Waals surface area contributed by atoms with Crippen LogP contribution >= 0.6 is 0 Å². The topological polar surface area (TPSA) is 104 Å². The van der Waals surface area contributed by atoms with E-state index in [1.165, 1.54) is 19.1 Å². The van der Waals surface area contributed by atoms with Crippen molar-refractivity contribution in [1.29, 1.82) is 0 Å². The van der Waals surface area contributed by atoms with Crippen molar-refractivity contribution in [1.82, 2.24) is 5.32 Å². The maximum atomic E-state index is 13.8. The van der Waals surface area contributed by atoms with Gasteiger partial charge in [0.25, 0.3) is 0 Å². The van der Waals surface area contributed by atoms with E-state index in [0.717, 1.165) is 5.56 Å². The Kier molecular flexibility index (Phi) is 6.42. The minimum Gasteiger partial charge on any atom is -0.388 e. The lowest BCUT2D eigenvalue weighted by atomic mass is 9.50. The molecule has 6 heteroatoms. The predicted molar refractivity (Wildman–Crippen MR) is 129 cm³/mol. The van der Waals surface area contributed by atoms with Gasteiger partial charge in [-0.3, -0.25) is 14.4 Å². The Morgan fingerprint density at radius 1 is 1.06 bits per heavy atom. The van der Waals surface area contributed by atoms with E-state index < -0.39 is 29.0 Å². The summed E-state index contributed by atoms with van der Waals surface area (Å²) in [6.45, 7) is 7.01. The van der Waals surface area contributed by atoms with Crippen LogP contribution in [0.5, 0.6) is 0 Å². The molecule has 1 aliphatic heterocycles. The van der Waals surface area contributed by atoms with E-state index in [9.17, 15) is 24.6 Å². The molecule has 0 radical (unpaired) electrons. The van der Waals surface area contributed by atoms with E-state index in [1.807, 2.05) is 44.2 Å². The number of rotatable bonds is 2. The van der Waals surface area contributed by atoms with Crippen LogP contribution in [0.1, 0.15) is 39.7 Å². The smallest absolute Gasteiger partial charge is 0.230 e. The van der Waals surface area contributed by atoms with Crippen LogP contribution in [0.2, 0.25) is 0 Å². The molecule has 2 aliphatic carbocycles. The first-order valence-corrected chi connectivity index (χ1v) is 12.2. The van der Waals surface area contributed by atoms with Crippen molar-refractivity contribution in [3.05, 3.63) is 60.2 Å². The lowest BCUT2D eigenvalue weighted by Gasteiger charge is -2.50. The molecule has 2 fully saturated rings. The molecule has 0 bridgehead atoms. The maximum absolute atomic E-state index is 13.8. The van der Waals surface area contributed by atoms with Crippen LogP contribution in [0.3, 0.4) is 0 Å². The van der Waals surface area contributed by atoms with Gasteiger partial charge in [0.2, 0.25) is 5.91 Å². The third kappa shape index (κ3) is 3.77. The first kappa shape index (κ1) is 24.6. The second kappa shape index (κ2) is 8.90. The number of Topliss-reactive ketones (excluding diaryl/α,β-unsaturated/α-hetero) is 2. The SMILES string of the molecule is C[C@H]1[C@H]2[C@H](Cc3ccccc3)NC(=O)[C@]23[C@H](O)/C=C\[C@@](C)(O)C(=O)[C@@H](C)C/C=C\[C@H]3C(=O)[C@@H]1C. The minimum atomic E-state index is -1.78. The van der Waals surface area contributed by atoms with Gasteiger partial charge in [-0.2, -0.15) is 0 Å². The molecule has 0 aromatic heterocycles. The van der Waals surface area contributed by atoms with Crippen LogP contribution in [0.25, 0.3) is 0 Å². The van der Waals surface area contributed by atoms with Crippen LogP contribution in [-0.2, 0) is 20.8 Å². The summed E-state index contributed by atoms with van der Waals surface area (Å²) in [6.07, 6.45) is 5.70. The second-order valence-corrected chi connectivity index (χ2v) is 10.6. The first-order chi connectivity index (χ1) is 16.0. The van der Waals surface area contributed by atoms with E-state index in [1.54, 1.807) is 19.1 Å². The first-order valence-electron chi connectivity index (χ1n) is 12.2. The summed E-state index contributed by atoms with van der Waals surface area (Å²) >= 11 is 0. The normalized spacial score (nSPS) is 44.4. The molecule has 1 amide bonds. The molecule has 1 spiro atoms. The zero-order valence-corrected chi connectivity index (χ0v) is 20.3. The number of hydrogen-bond donors (Lipinski definition) is 3. The average Bonchev–Trinajstić information content (AvgIpc) is 3.09. The standard InChI is InChI=1S/C28H35NO5/c1-16-9-8-12-20-24(31)18(3)17(2)23-21(15-19-10-6-5-7-11-19)29-26(33)28(20,23)22(30)13-14-27(4,34)25(16)32/h5-8,10-14,16-18,20-23,30,34H,9,15H2,1-4H3,(H,29,33)/b12-8-,14-13-/t16-,17+,18+,20-,21-,22+,23-,27+,28+/m0/s1. The van der Waals surface area contributed by atoms with E-state index in [4.69, 9.17) is 0 Å². The Hall–Kier alpha value is -2.57. The van der Waals surface area contributed by atoms with Gasteiger partial charge in [0.15, 0.2) is 5.78 Å². The molecule has 0 unspecified atom stereocenters. The highest BCUT2D eigenvalue weighted by atomic mass is 16.3. The predicted octanol–water partition coefficient (Wildman–Crippen LogP) is 2.63. The minimum absolute atomic E-state index is 0.0760. The number of carbonyl (C=O) groups is 3. The highest BCUT2D eigenvalue weighted by Crippen LogP contribution is 2.57. The molecule has 6 nitrogen and oxygen atoms in total. The largest absolute Gasteiger partial charge is 0.388 e. The molecule has 1 heterocycles. The number of amides is 1. The Labute approximate surface area is 201 Å². The van der Waals surface area contributed by atoms with E-state index in [2.05, 4.69) is 5.32 Å². The molecular formula is C28H35NO5. The second-order valence-electron chi connectivity index (χ2n) is 10.6. The molecular weight excluding hydrogens is 430 g/mol. The van der Waals surface area contributed by atoms with Crippen molar-refractivity contribution in [2.24, 2.45) is 35.0 Å². The van der Waals surface area contributed by atoms with Gasteiger partial charge < -0.3 is 15.5 Å². The highest BCUT2D eigenvalue weighted by Gasteiger charge is 2.68. The van der Waals surface area contributed by atoms with E-state index in [0.29, 0.717) is 12.8 Å². The van der Waals surface area contributed by atoms with Gasteiger partial charge in [-0.05, 0) is 37.3 Å². The number of aliphatic hydroxyl groups excluding tert-OH is 1. The monoisotopic (exact) mass is 465 g/mol. The molecule has 4 rings (SSSR count). The molecule has 34 heavy (non-hydrogen) atoms. The van der Waals surface area contributed by atoms with Crippen LogP contribution in [0.4, 0.5) is 0 Å². The van der Waals surface area contributed by atoms with Gasteiger partial charge in [-0.15, -0.1) is 0 Å². The summed E-state index contributed by atoms with van der Waals surface area (Å²) in [5.41, 5.74) is -2.13. The van der Waals surface area contributed by atoms with Crippen LogP contribution in [0.15, 0.2) is 54.6 Å². The van der Waals surface area contributed by atoms with Gasteiger partial charge in [0.1, 0.15) is 11.4 Å². The summed E-state index contributed by atoms with van der Waals surface area (Å²) in [6, 6.07) is 9.61. The number of ketones is 2. The van der Waals surface area contributed by atoms with Gasteiger partial charge in [0, 0.05) is 23.8 Å². The number of hydrogen-bond acceptors (Lipinski definition) is 5. The summed E-state index contributed by atoms with van der Waals surface area (Å²) in [7, 11) is 0. The van der Waals surface area contributed by atoms with Crippen molar-refractivity contribution in [2.45, 2.75) is 58.3 Å². The number of aliphatic hydroxyl groups is 2. The van der Waals surface area contributed by atoms with Gasteiger partial charge >= 0.3 is 0 Å². The van der Waals surface area contributed by atoms with Crippen LogP contribution in [-0.4, -0.2) is 45.4 Å². The third-order valence-electron chi connectivity index (χ3n) is 8.48. The fourth-order valence-corrected chi connectivity index (χ4v) is 6.47. The van der Waals surface area contributed by atoms with Crippen LogP contribution < -0.4 is 5.32 Å². The Morgan fingerprint density at radius 2 is 1.74 bits per heavy atom. The van der Waals surface area contributed by atoms with Crippen molar-refractivity contribution in [3.63, 3.8) is 0 Å². The fourth-order valence-electron chi connectivity index (χ4n) is 6.47. The lowest BCUT2D eigenvalue weighted by molar-refractivity contribution is -0.158. The number of nitrogens with one attached hydrogen (secondary N) is 1. The molecule has 3 N–H and O–H groups in total. The Balaban J connectivity index is 1.87. The highest BCUT2D eigenvalue weighted by molar-refractivity contribution is 5.98. The third-order valence-corrected chi connectivity index (χ3v) is 8.48. The van der Waals surface area contributed by atoms with Crippen LogP contribution in [0, 0.1) is 35.0 Å². The van der Waals surface area contributed by atoms with Crippen molar-refractivity contribution in [3.8, 4) is 0 Å². The summed E-state index contributed by atoms with van der Waals surface area (Å²) in [4.78, 5) is 40.2. The van der Waals surface area contributed by atoms with Gasteiger partial charge in [-0.1, -0.05) is 69.3 Å². The summed E-state index contributed by atoms with van der Waals surface area (Å²) < 4.78 is 0. The molecule has 9 atom stereocenters. The van der Waals surface area contributed by atoms with Gasteiger partial charge in [0.05, 0.1) is 17.4 Å². The Morgan fingerprint density at radius 3 is 2.41 bits per heavy atom. The molecule has 1 aromatic rings.